The third-order valence-electron chi connectivity index (χ3n) is 1.10. The molecule has 0 bridgehead atoms. The molecule has 0 amide bonds. The van der Waals surface area contributed by atoms with Gasteiger partial charge in [0.05, 0.1) is 0 Å². The number of nitrogens with one attached hydrogen (secondary N) is 1. The summed E-state index contributed by atoms with van der Waals surface area (Å²) >= 11 is 0. The van der Waals surface area contributed by atoms with Crippen molar-refractivity contribution in [3.8, 4) is 0 Å². The van der Waals surface area contributed by atoms with E-state index in [1.807, 2.05) is 0 Å². The Morgan fingerprint density at radius 2 is 2.40 bits per heavy atom. The second kappa shape index (κ2) is 2.93. The van der Waals surface area contributed by atoms with Crippen molar-refractivity contribution in [2.45, 2.75) is 0 Å². The Bertz CT molecular complexity index is 239. The topological polar surface area (TPSA) is 24.9 Å². The zero-order valence-electron chi connectivity index (χ0n) is 5.56. The average Bonchev–Trinajstić information content (AvgIpc) is 1.88. The van der Waals surface area contributed by atoms with E-state index in [0.29, 0.717) is 0 Å². The summed E-state index contributed by atoms with van der Waals surface area (Å²) in [7, 11) is 4.01. The highest BCUT2D eigenvalue weighted by Gasteiger charge is 1.98. The molecule has 0 aliphatic rings. The smallest absolute Gasteiger partial charge is 0.166 e. The molecule has 0 saturated heterocycles. The molecule has 4 heteroatoms. The van der Waals surface area contributed by atoms with Gasteiger partial charge in [-0.2, -0.15) is 0 Å². The number of hydrogen-bond acceptors (Lipinski definition) is 2. The molecule has 0 fully saturated rings. The van der Waals surface area contributed by atoms with Gasteiger partial charge >= 0.3 is 0 Å². The van der Waals surface area contributed by atoms with Gasteiger partial charge in [-0.1, -0.05) is 0 Å². The summed E-state index contributed by atoms with van der Waals surface area (Å²) in [6, 6.07) is 1.41. The standard InChI is InChI=1S/C6H8FN2P/c1-8-6-5(7)2-4(10)3-9-6/h2-3H,10H2,1H3,(H,8,9). The molecule has 0 aliphatic heterocycles. The number of anilines is 1. The lowest BCUT2D eigenvalue weighted by Crippen LogP contribution is -2.01. The van der Waals surface area contributed by atoms with Gasteiger partial charge in [-0.05, 0) is 11.4 Å². The number of rotatable bonds is 1. The van der Waals surface area contributed by atoms with Crippen LogP contribution in [0.4, 0.5) is 10.2 Å². The van der Waals surface area contributed by atoms with Crippen LogP contribution in [0.5, 0.6) is 0 Å². The normalized spacial score (nSPS) is 9.50. The molecule has 1 aromatic heterocycles. The molecule has 0 saturated carbocycles. The first-order valence-corrected chi connectivity index (χ1v) is 3.40. The van der Waals surface area contributed by atoms with Crippen LogP contribution in [0.15, 0.2) is 12.3 Å². The van der Waals surface area contributed by atoms with Gasteiger partial charge in [-0.25, -0.2) is 9.37 Å². The molecular weight excluding hydrogens is 150 g/mol. The Morgan fingerprint density at radius 3 is 2.90 bits per heavy atom. The summed E-state index contributed by atoms with van der Waals surface area (Å²) in [5, 5.41) is 3.37. The zero-order valence-corrected chi connectivity index (χ0v) is 6.71. The number of hydrogen-bond donors (Lipinski definition) is 1. The van der Waals surface area contributed by atoms with Crippen LogP contribution in [-0.4, -0.2) is 12.0 Å². The van der Waals surface area contributed by atoms with Crippen LogP contribution in [0.1, 0.15) is 0 Å². The fourth-order valence-corrected chi connectivity index (χ4v) is 0.858. The van der Waals surface area contributed by atoms with E-state index in [2.05, 4.69) is 19.5 Å². The highest BCUT2D eigenvalue weighted by Crippen LogP contribution is 2.06. The maximum atomic E-state index is 12.7. The van der Waals surface area contributed by atoms with E-state index in [9.17, 15) is 4.39 Å². The quantitative estimate of drug-likeness (QED) is 0.610. The van der Waals surface area contributed by atoms with E-state index in [0.717, 1.165) is 5.30 Å². The first kappa shape index (κ1) is 7.42. The van der Waals surface area contributed by atoms with E-state index in [1.165, 1.54) is 6.07 Å². The molecule has 1 N–H and O–H groups in total. The summed E-state index contributed by atoms with van der Waals surface area (Å²) in [6.45, 7) is 0. The number of nitrogens with zero attached hydrogens (tertiary/aromatic N) is 1. The van der Waals surface area contributed by atoms with Crippen LogP contribution in [0.25, 0.3) is 0 Å². The molecule has 10 heavy (non-hydrogen) atoms. The van der Waals surface area contributed by atoms with Crippen molar-refractivity contribution in [2.75, 3.05) is 12.4 Å². The highest BCUT2D eigenvalue weighted by atomic mass is 31.0. The SMILES string of the molecule is CNc1ncc(P)cc1F. The van der Waals surface area contributed by atoms with Gasteiger partial charge in [0.2, 0.25) is 0 Å². The molecule has 1 atom stereocenters. The predicted octanol–water partition coefficient (Wildman–Crippen LogP) is 0.763. The zero-order chi connectivity index (χ0) is 7.56. The minimum absolute atomic E-state index is 0.284. The third kappa shape index (κ3) is 1.42. The van der Waals surface area contributed by atoms with Gasteiger partial charge in [-0.3, -0.25) is 0 Å². The molecule has 1 heterocycles. The fourth-order valence-electron chi connectivity index (χ4n) is 0.637. The van der Waals surface area contributed by atoms with Crippen LogP contribution >= 0.6 is 9.24 Å². The molecule has 54 valence electrons. The Hall–Kier alpha value is -0.690. The van der Waals surface area contributed by atoms with Gasteiger partial charge in [0.1, 0.15) is 0 Å². The first-order chi connectivity index (χ1) is 4.74. The van der Waals surface area contributed by atoms with Crippen LogP contribution in [0.3, 0.4) is 0 Å². The maximum Gasteiger partial charge on any atom is 0.166 e. The van der Waals surface area contributed by atoms with Crippen molar-refractivity contribution in [1.82, 2.24) is 4.98 Å². The van der Waals surface area contributed by atoms with Crippen LogP contribution in [0.2, 0.25) is 0 Å². The van der Waals surface area contributed by atoms with Crippen LogP contribution in [-0.2, 0) is 0 Å². The average molecular weight is 158 g/mol. The lowest BCUT2D eigenvalue weighted by atomic mass is 10.4. The number of aromatic nitrogens is 1. The number of halogens is 1. The van der Waals surface area contributed by atoms with E-state index in [1.54, 1.807) is 13.2 Å². The summed E-state index contributed by atoms with van der Waals surface area (Å²) in [5.41, 5.74) is 0. The largest absolute Gasteiger partial charge is 0.371 e. The van der Waals surface area contributed by atoms with Crippen molar-refractivity contribution in [3.05, 3.63) is 18.1 Å². The second-order valence-corrected chi connectivity index (χ2v) is 2.52. The number of pyridine rings is 1. The van der Waals surface area contributed by atoms with Gasteiger partial charge in [0.25, 0.3) is 0 Å². The first-order valence-electron chi connectivity index (χ1n) is 2.83. The lowest BCUT2D eigenvalue weighted by Gasteiger charge is -1.99. The molecule has 1 aromatic rings. The summed E-state index contributed by atoms with van der Waals surface area (Å²) in [5.74, 6) is -0.0406. The van der Waals surface area contributed by atoms with E-state index in [4.69, 9.17) is 0 Å². The van der Waals surface area contributed by atoms with E-state index < -0.39 is 0 Å². The highest BCUT2D eigenvalue weighted by molar-refractivity contribution is 7.27. The van der Waals surface area contributed by atoms with Crippen molar-refractivity contribution in [2.24, 2.45) is 0 Å². The molecule has 0 radical (unpaired) electrons. The van der Waals surface area contributed by atoms with Gasteiger partial charge in [0, 0.05) is 13.2 Å². The molecule has 2 nitrogen and oxygen atoms in total. The molecule has 1 unspecified atom stereocenters. The van der Waals surface area contributed by atoms with Gasteiger partial charge in [-0.15, -0.1) is 9.24 Å². The Kier molecular flexibility index (Phi) is 2.17. The minimum Gasteiger partial charge on any atom is -0.371 e. The van der Waals surface area contributed by atoms with E-state index >= 15 is 0 Å². The van der Waals surface area contributed by atoms with E-state index in [-0.39, 0.29) is 11.6 Å². The third-order valence-corrected chi connectivity index (χ3v) is 1.41. The second-order valence-electron chi connectivity index (χ2n) is 1.85. The van der Waals surface area contributed by atoms with Crippen LogP contribution < -0.4 is 10.6 Å². The van der Waals surface area contributed by atoms with Gasteiger partial charge < -0.3 is 5.32 Å². The summed E-state index contributed by atoms with van der Waals surface area (Å²) < 4.78 is 12.7. The molecule has 0 spiro atoms. The van der Waals surface area contributed by atoms with Gasteiger partial charge in [0.15, 0.2) is 11.6 Å². The minimum atomic E-state index is -0.324. The molecule has 0 aromatic carbocycles. The van der Waals surface area contributed by atoms with Crippen molar-refractivity contribution in [3.63, 3.8) is 0 Å². The summed E-state index contributed by atoms with van der Waals surface area (Å²) in [6.07, 6.45) is 1.58. The fraction of sp³-hybridized carbons (Fsp3) is 0.167. The Morgan fingerprint density at radius 1 is 1.70 bits per heavy atom. The Labute approximate surface area is 61.1 Å². The van der Waals surface area contributed by atoms with Crippen molar-refractivity contribution >= 4 is 20.4 Å². The summed E-state index contributed by atoms with van der Waals surface area (Å²) in [4.78, 5) is 3.79. The Balaban J connectivity index is 3.07. The lowest BCUT2D eigenvalue weighted by molar-refractivity contribution is 0.627. The molecule has 0 aliphatic carbocycles. The van der Waals surface area contributed by atoms with Crippen molar-refractivity contribution < 1.29 is 4.39 Å². The van der Waals surface area contributed by atoms with Crippen LogP contribution in [0, 0.1) is 5.82 Å². The monoisotopic (exact) mass is 158 g/mol. The van der Waals surface area contributed by atoms with Crippen molar-refractivity contribution in [1.29, 1.82) is 0 Å². The molecular formula is C6H8FN2P. The predicted molar refractivity (Wildman–Crippen MR) is 43.1 cm³/mol. The molecule has 1 rings (SSSR count). The maximum absolute atomic E-state index is 12.7.